The molecule has 5 rings (SSSR count). The fourth-order valence-electron chi connectivity index (χ4n) is 3.72. The number of phenolic OH excluding ortho intramolecular Hbond substituents is 1. The molecule has 5 nitrogen and oxygen atoms in total. The van der Waals surface area contributed by atoms with Crippen molar-refractivity contribution in [3.63, 3.8) is 0 Å². The van der Waals surface area contributed by atoms with Crippen LogP contribution in [0.25, 0.3) is 16.9 Å². The van der Waals surface area contributed by atoms with Crippen LogP contribution in [0, 0.1) is 6.92 Å². The number of phenols is 1. The summed E-state index contributed by atoms with van der Waals surface area (Å²) in [6.07, 6.45) is 4.19. The maximum Gasteiger partial charge on any atom is 0.141 e. The van der Waals surface area contributed by atoms with Gasteiger partial charge in [0.2, 0.25) is 0 Å². The van der Waals surface area contributed by atoms with Crippen LogP contribution in [0.4, 0.5) is 11.4 Å². The SMILES string of the molecule is Cc1cc(-c2cccc(N3C=CN(c4ccccc4)C3)c2)nn1-c1ccccc1O. The average molecular weight is 394 g/mol. The van der Waals surface area contributed by atoms with Crippen LogP contribution in [-0.2, 0) is 0 Å². The number of anilines is 2. The summed E-state index contributed by atoms with van der Waals surface area (Å²) in [6, 6.07) is 28.0. The fraction of sp³-hybridized carbons (Fsp3) is 0.0800. The molecule has 1 aliphatic rings. The lowest BCUT2D eigenvalue weighted by atomic mass is 10.1. The Morgan fingerprint density at radius 3 is 2.27 bits per heavy atom. The minimum Gasteiger partial charge on any atom is -0.506 e. The third-order valence-electron chi connectivity index (χ3n) is 5.29. The summed E-state index contributed by atoms with van der Waals surface area (Å²) in [5, 5.41) is 14.9. The molecule has 0 saturated carbocycles. The first-order valence-corrected chi connectivity index (χ1v) is 9.91. The maximum atomic E-state index is 10.2. The van der Waals surface area contributed by atoms with Crippen LogP contribution in [0.1, 0.15) is 5.69 Å². The second kappa shape index (κ2) is 7.44. The lowest BCUT2D eigenvalue weighted by molar-refractivity contribution is 0.470. The second-order valence-corrected chi connectivity index (χ2v) is 7.34. The van der Waals surface area contributed by atoms with Gasteiger partial charge in [0.05, 0.1) is 12.4 Å². The smallest absolute Gasteiger partial charge is 0.141 e. The quantitative estimate of drug-likeness (QED) is 0.510. The van der Waals surface area contributed by atoms with E-state index < -0.39 is 0 Å². The van der Waals surface area contributed by atoms with E-state index in [4.69, 9.17) is 5.10 Å². The summed E-state index contributed by atoms with van der Waals surface area (Å²) in [5.74, 6) is 0.215. The van der Waals surface area contributed by atoms with E-state index in [1.807, 2.05) is 37.3 Å². The number of benzene rings is 3. The molecule has 3 aromatic carbocycles. The first-order valence-electron chi connectivity index (χ1n) is 9.91. The molecule has 1 aliphatic heterocycles. The minimum absolute atomic E-state index is 0.215. The van der Waals surface area contributed by atoms with Gasteiger partial charge in [-0.05, 0) is 49.4 Å². The van der Waals surface area contributed by atoms with Crippen LogP contribution >= 0.6 is 0 Å². The highest BCUT2D eigenvalue weighted by Gasteiger charge is 2.17. The molecule has 0 spiro atoms. The number of aryl methyl sites for hydroxylation is 1. The van der Waals surface area contributed by atoms with Crippen LogP contribution in [0.3, 0.4) is 0 Å². The zero-order valence-corrected chi connectivity index (χ0v) is 16.7. The van der Waals surface area contributed by atoms with E-state index in [1.54, 1.807) is 10.7 Å². The second-order valence-electron chi connectivity index (χ2n) is 7.34. The van der Waals surface area contributed by atoms with Crippen molar-refractivity contribution >= 4 is 11.4 Å². The van der Waals surface area contributed by atoms with Gasteiger partial charge in [0.15, 0.2) is 0 Å². The molecule has 0 unspecified atom stereocenters. The molecule has 0 bridgehead atoms. The molecule has 2 heterocycles. The highest BCUT2D eigenvalue weighted by atomic mass is 16.3. The van der Waals surface area contributed by atoms with Gasteiger partial charge in [-0.1, -0.05) is 42.5 Å². The molecule has 0 saturated heterocycles. The van der Waals surface area contributed by atoms with Crippen LogP contribution in [0.5, 0.6) is 5.75 Å². The Kier molecular flexibility index (Phi) is 4.48. The standard InChI is InChI=1S/C25H22N4O/c1-19-16-23(26-29(19)24-12-5-6-13-25(24)30)20-8-7-11-22(17-20)28-15-14-27(18-28)21-9-3-2-4-10-21/h2-17,30H,18H2,1H3. The van der Waals surface area contributed by atoms with E-state index in [0.717, 1.165) is 29.3 Å². The monoisotopic (exact) mass is 394 g/mol. The predicted octanol–water partition coefficient (Wildman–Crippen LogP) is 5.31. The fourth-order valence-corrected chi connectivity index (χ4v) is 3.72. The molecule has 0 radical (unpaired) electrons. The van der Waals surface area contributed by atoms with Gasteiger partial charge in [-0.25, -0.2) is 4.68 Å². The van der Waals surface area contributed by atoms with Crippen molar-refractivity contribution in [3.05, 3.63) is 103 Å². The molecule has 1 N–H and O–H groups in total. The van der Waals surface area contributed by atoms with E-state index in [0.29, 0.717) is 5.69 Å². The molecule has 0 amide bonds. The zero-order chi connectivity index (χ0) is 20.5. The van der Waals surface area contributed by atoms with Crippen molar-refractivity contribution in [2.24, 2.45) is 0 Å². The summed E-state index contributed by atoms with van der Waals surface area (Å²) < 4.78 is 1.78. The van der Waals surface area contributed by atoms with Crippen LogP contribution < -0.4 is 9.80 Å². The molecular weight excluding hydrogens is 372 g/mol. The number of hydrogen-bond acceptors (Lipinski definition) is 4. The van der Waals surface area contributed by atoms with E-state index in [-0.39, 0.29) is 5.75 Å². The number of hydrogen-bond donors (Lipinski definition) is 1. The Morgan fingerprint density at radius 2 is 1.47 bits per heavy atom. The van der Waals surface area contributed by atoms with Crippen molar-refractivity contribution in [1.82, 2.24) is 9.78 Å². The predicted molar refractivity (Wildman–Crippen MR) is 121 cm³/mol. The molecule has 148 valence electrons. The third-order valence-corrected chi connectivity index (χ3v) is 5.29. The van der Waals surface area contributed by atoms with Gasteiger partial charge in [-0.2, -0.15) is 5.10 Å². The first kappa shape index (κ1) is 18.1. The van der Waals surface area contributed by atoms with E-state index in [2.05, 4.69) is 70.7 Å². The zero-order valence-electron chi connectivity index (χ0n) is 16.7. The lowest BCUT2D eigenvalue weighted by Crippen LogP contribution is -2.24. The molecule has 5 heteroatoms. The number of rotatable bonds is 4. The Hall–Kier alpha value is -3.99. The lowest BCUT2D eigenvalue weighted by Gasteiger charge is -2.21. The summed E-state index contributed by atoms with van der Waals surface area (Å²) in [6.45, 7) is 2.76. The van der Waals surface area contributed by atoms with Crippen molar-refractivity contribution in [2.45, 2.75) is 6.92 Å². The molecule has 1 aromatic heterocycles. The molecule has 0 atom stereocenters. The summed E-state index contributed by atoms with van der Waals surface area (Å²) >= 11 is 0. The Labute approximate surface area is 175 Å². The van der Waals surface area contributed by atoms with Gasteiger partial charge < -0.3 is 14.9 Å². The molecule has 4 aromatic rings. The van der Waals surface area contributed by atoms with Gasteiger partial charge in [0.1, 0.15) is 11.4 Å². The van der Waals surface area contributed by atoms with Gasteiger partial charge in [-0.15, -0.1) is 0 Å². The topological polar surface area (TPSA) is 44.5 Å². The summed E-state index contributed by atoms with van der Waals surface area (Å²) in [5.41, 5.74) is 5.84. The third kappa shape index (κ3) is 3.31. The molecule has 0 fully saturated rings. The Balaban J connectivity index is 1.42. The number of nitrogens with zero attached hydrogens (tertiary/aromatic N) is 4. The normalized spacial score (nSPS) is 13.2. The highest BCUT2D eigenvalue weighted by molar-refractivity contribution is 5.68. The van der Waals surface area contributed by atoms with Crippen molar-refractivity contribution in [1.29, 1.82) is 0 Å². The summed E-state index contributed by atoms with van der Waals surface area (Å²) in [4.78, 5) is 4.42. The van der Waals surface area contributed by atoms with Crippen LogP contribution in [0.15, 0.2) is 97.3 Å². The van der Waals surface area contributed by atoms with E-state index in [1.165, 1.54) is 5.69 Å². The number of para-hydroxylation sites is 3. The molecule has 0 aliphatic carbocycles. The van der Waals surface area contributed by atoms with Crippen LogP contribution in [0.2, 0.25) is 0 Å². The van der Waals surface area contributed by atoms with Crippen LogP contribution in [-0.4, -0.2) is 21.6 Å². The summed E-state index contributed by atoms with van der Waals surface area (Å²) in [7, 11) is 0. The Morgan fingerprint density at radius 1 is 0.767 bits per heavy atom. The van der Waals surface area contributed by atoms with E-state index >= 15 is 0 Å². The highest BCUT2D eigenvalue weighted by Crippen LogP contribution is 2.30. The van der Waals surface area contributed by atoms with Gasteiger partial charge in [0, 0.05) is 35.0 Å². The average Bonchev–Trinajstić information content (AvgIpc) is 3.42. The van der Waals surface area contributed by atoms with Gasteiger partial charge >= 0.3 is 0 Å². The first-order chi connectivity index (χ1) is 14.7. The maximum absolute atomic E-state index is 10.2. The minimum atomic E-state index is 0.215. The van der Waals surface area contributed by atoms with Gasteiger partial charge in [-0.3, -0.25) is 0 Å². The van der Waals surface area contributed by atoms with Crippen molar-refractivity contribution in [3.8, 4) is 22.7 Å². The van der Waals surface area contributed by atoms with Crippen molar-refractivity contribution < 1.29 is 5.11 Å². The Bertz CT molecular complexity index is 1210. The van der Waals surface area contributed by atoms with Crippen molar-refractivity contribution in [2.75, 3.05) is 16.5 Å². The van der Waals surface area contributed by atoms with Gasteiger partial charge in [0.25, 0.3) is 0 Å². The number of aromatic hydroxyl groups is 1. The molecular formula is C25H22N4O. The van der Waals surface area contributed by atoms with E-state index in [9.17, 15) is 5.11 Å². The number of aromatic nitrogens is 2. The molecule has 30 heavy (non-hydrogen) atoms. The largest absolute Gasteiger partial charge is 0.506 e.